The van der Waals surface area contributed by atoms with E-state index in [0.29, 0.717) is 6.42 Å². The highest BCUT2D eigenvalue weighted by Gasteiger charge is 2.40. The van der Waals surface area contributed by atoms with E-state index in [1.807, 2.05) is 0 Å². The summed E-state index contributed by atoms with van der Waals surface area (Å²) in [6.07, 6.45) is -3.41. The maximum Gasteiger partial charge on any atom is 0.319 e. The molecule has 0 fully saturated rings. The molecule has 1 rings (SSSR count). The fraction of sp³-hybridized carbons (Fsp3) is 0.500. The molecule has 1 N–H and O–H groups in total. The van der Waals surface area contributed by atoms with Crippen molar-refractivity contribution in [2.45, 2.75) is 31.7 Å². The van der Waals surface area contributed by atoms with Crippen LogP contribution in [0, 0.1) is 5.82 Å². The molecule has 1 nitrogen and oxygen atoms in total. The molecule has 0 spiro atoms. The Morgan fingerprint density at radius 3 is 2.33 bits per heavy atom. The Bertz CT molecular complexity index is 380. The topological polar surface area (TPSA) is 12.0 Å². The first-order valence-corrected chi connectivity index (χ1v) is 5.52. The van der Waals surface area contributed by atoms with Gasteiger partial charge in [0.25, 0.3) is 0 Å². The van der Waals surface area contributed by atoms with Gasteiger partial charge >= 0.3 is 12.3 Å². The van der Waals surface area contributed by atoms with Gasteiger partial charge in [0, 0.05) is 11.6 Å². The second-order valence-corrected chi connectivity index (χ2v) is 3.92. The van der Waals surface area contributed by atoms with Gasteiger partial charge in [0.2, 0.25) is 0 Å². The quantitative estimate of drug-likeness (QED) is 0.774. The van der Waals surface area contributed by atoms with Gasteiger partial charge < -0.3 is 5.32 Å². The number of hydrogen-bond acceptors (Lipinski definition) is 1. The van der Waals surface area contributed by atoms with Gasteiger partial charge in [0.1, 0.15) is 5.82 Å². The summed E-state index contributed by atoms with van der Waals surface area (Å²) in [5.41, 5.74) is 0.199. The van der Waals surface area contributed by atoms with Gasteiger partial charge in [0.15, 0.2) is 0 Å². The van der Waals surface area contributed by atoms with Crippen molar-refractivity contribution in [2.24, 2.45) is 0 Å². The molecular weight excluding hydrogens is 253 g/mol. The van der Waals surface area contributed by atoms with Crippen LogP contribution in [0.2, 0.25) is 0 Å². The number of hydrogen-bond donors (Lipinski definition) is 1. The highest BCUT2D eigenvalue weighted by Crippen LogP contribution is 2.25. The van der Waals surface area contributed by atoms with E-state index >= 15 is 0 Å². The van der Waals surface area contributed by atoms with Gasteiger partial charge in [-0.1, -0.05) is 25.1 Å². The lowest BCUT2D eigenvalue weighted by Gasteiger charge is -2.22. The zero-order valence-corrected chi connectivity index (χ0v) is 9.77. The van der Waals surface area contributed by atoms with E-state index in [4.69, 9.17) is 0 Å². The zero-order chi connectivity index (χ0) is 13.8. The van der Waals surface area contributed by atoms with Gasteiger partial charge in [0.05, 0.1) is 6.54 Å². The van der Waals surface area contributed by atoms with Crippen LogP contribution in [0.25, 0.3) is 0 Å². The lowest BCUT2D eigenvalue weighted by atomic mass is 10.0. The van der Waals surface area contributed by atoms with Crippen molar-refractivity contribution in [2.75, 3.05) is 6.54 Å². The number of benzene rings is 1. The second-order valence-electron chi connectivity index (χ2n) is 3.92. The fourth-order valence-electron chi connectivity index (χ4n) is 1.57. The Kier molecular flexibility index (Phi) is 5.07. The van der Waals surface area contributed by atoms with Crippen LogP contribution in [0.3, 0.4) is 0 Å². The van der Waals surface area contributed by atoms with Crippen molar-refractivity contribution in [3.63, 3.8) is 0 Å². The molecule has 0 bridgehead atoms. The highest BCUT2D eigenvalue weighted by molar-refractivity contribution is 5.21. The second kappa shape index (κ2) is 6.13. The third-order valence-corrected chi connectivity index (χ3v) is 2.59. The minimum Gasteiger partial charge on any atom is -0.304 e. The first kappa shape index (κ1) is 14.9. The predicted molar refractivity (Wildman–Crippen MR) is 58.4 cm³/mol. The summed E-state index contributed by atoms with van der Waals surface area (Å²) >= 11 is 0. The van der Waals surface area contributed by atoms with E-state index < -0.39 is 30.8 Å². The zero-order valence-electron chi connectivity index (χ0n) is 9.77. The third kappa shape index (κ3) is 3.66. The standard InChI is InChI=1S/C12H14F5N/c1-2-10(8-5-3-4-6-9(8)13)18-7-12(16,17)11(14)15/h3-6,10-11,18H,2,7H2,1H3. The summed E-state index contributed by atoms with van der Waals surface area (Å²) < 4.78 is 62.9. The molecule has 1 aromatic carbocycles. The summed E-state index contributed by atoms with van der Waals surface area (Å²) in [5.74, 6) is -4.66. The molecule has 18 heavy (non-hydrogen) atoms. The van der Waals surface area contributed by atoms with Crippen molar-refractivity contribution in [3.8, 4) is 0 Å². The average molecular weight is 267 g/mol. The molecular formula is C12H14F5N. The van der Waals surface area contributed by atoms with Gasteiger partial charge in [-0.15, -0.1) is 0 Å². The molecule has 1 aromatic rings. The van der Waals surface area contributed by atoms with Crippen LogP contribution in [0.5, 0.6) is 0 Å². The van der Waals surface area contributed by atoms with Crippen LogP contribution in [0.4, 0.5) is 22.0 Å². The third-order valence-electron chi connectivity index (χ3n) is 2.59. The smallest absolute Gasteiger partial charge is 0.304 e. The highest BCUT2D eigenvalue weighted by atomic mass is 19.3. The lowest BCUT2D eigenvalue weighted by molar-refractivity contribution is -0.126. The van der Waals surface area contributed by atoms with Crippen LogP contribution in [0.1, 0.15) is 24.9 Å². The van der Waals surface area contributed by atoms with E-state index in [1.165, 1.54) is 18.2 Å². The Morgan fingerprint density at radius 1 is 1.22 bits per heavy atom. The van der Waals surface area contributed by atoms with Crippen LogP contribution in [-0.2, 0) is 0 Å². The molecule has 102 valence electrons. The normalized spacial score (nSPS) is 13.9. The molecule has 0 aliphatic rings. The van der Waals surface area contributed by atoms with Crippen molar-refractivity contribution in [3.05, 3.63) is 35.6 Å². The SMILES string of the molecule is CCC(NCC(F)(F)C(F)F)c1ccccc1F. The fourth-order valence-corrected chi connectivity index (χ4v) is 1.57. The van der Waals surface area contributed by atoms with Crippen molar-refractivity contribution in [1.82, 2.24) is 5.32 Å². The first-order valence-electron chi connectivity index (χ1n) is 5.52. The molecule has 6 heteroatoms. The van der Waals surface area contributed by atoms with Crippen molar-refractivity contribution < 1.29 is 22.0 Å². The number of alkyl halides is 4. The van der Waals surface area contributed by atoms with Gasteiger partial charge in [-0.25, -0.2) is 13.2 Å². The average Bonchev–Trinajstić information content (AvgIpc) is 2.31. The molecule has 0 radical (unpaired) electrons. The molecule has 0 aliphatic carbocycles. The van der Waals surface area contributed by atoms with Crippen LogP contribution in [-0.4, -0.2) is 18.9 Å². The summed E-state index contributed by atoms with van der Waals surface area (Å²) in [6.45, 7) is 0.474. The number of halogens is 5. The van der Waals surface area contributed by atoms with Crippen LogP contribution >= 0.6 is 0 Å². The Labute approximate surface area is 102 Å². The molecule has 1 atom stereocenters. The summed E-state index contributed by atoms with van der Waals surface area (Å²) in [6, 6.07) is 4.96. The van der Waals surface area contributed by atoms with E-state index in [0.717, 1.165) is 0 Å². The Balaban J connectivity index is 2.72. The molecule has 0 amide bonds. The van der Waals surface area contributed by atoms with E-state index in [-0.39, 0.29) is 5.56 Å². The Morgan fingerprint density at radius 2 is 1.83 bits per heavy atom. The summed E-state index contributed by atoms with van der Waals surface area (Å²) in [4.78, 5) is 0. The van der Waals surface area contributed by atoms with E-state index in [2.05, 4.69) is 5.32 Å². The molecule has 0 saturated heterocycles. The summed E-state index contributed by atoms with van der Waals surface area (Å²) in [7, 11) is 0. The Hall–Kier alpha value is -1.17. The lowest BCUT2D eigenvalue weighted by Crippen LogP contribution is -2.40. The van der Waals surface area contributed by atoms with Crippen LogP contribution < -0.4 is 5.32 Å². The maximum absolute atomic E-state index is 13.4. The summed E-state index contributed by atoms with van der Waals surface area (Å²) in [5, 5.41) is 2.28. The number of nitrogens with one attached hydrogen (secondary N) is 1. The maximum atomic E-state index is 13.4. The molecule has 1 unspecified atom stereocenters. The largest absolute Gasteiger partial charge is 0.319 e. The van der Waals surface area contributed by atoms with Crippen molar-refractivity contribution >= 4 is 0 Å². The molecule has 0 aliphatic heterocycles. The molecule has 0 aromatic heterocycles. The van der Waals surface area contributed by atoms with Gasteiger partial charge in [-0.2, -0.15) is 8.78 Å². The van der Waals surface area contributed by atoms with E-state index in [9.17, 15) is 22.0 Å². The molecule has 0 saturated carbocycles. The predicted octanol–water partition coefficient (Wildman–Crippen LogP) is 3.77. The van der Waals surface area contributed by atoms with E-state index in [1.54, 1.807) is 13.0 Å². The van der Waals surface area contributed by atoms with Gasteiger partial charge in [-0.05, 0) is 12.5 Å². The minimum atomic E-state index is -4.11. The monoisotopic (exact) mass is 267 g/mol. The molecule has 0 heterocycles. The van der Waals surface area contributed by atoms with Crippen LogP contribution in [0.15, 0.2) is 24.3 Å². The minimum absolute atomic E-state index is 0.199. The number of rotatable bonds is 6. The van der Waals surface area contributed by atoms with Gasteiger partial charge in [-0.3, -0.25) is 0 Å². The van der Waals surface area contributed by atoms with Crippen molar-refractivity contribution in [1.29, 1.82) is 0 Å². The first-order chi connectivity index (χ1) is 8.38.